The molecule has 9 heteroatoms. The van der Waals surface area contributed by atoms with E-state index in [9.17, 15) is 14.4 Å². The number of H-pyrrole nitrogens is 1. The molecule has 1 amide bonds. The third-order valence-electron chi connectivity index (χ3n) is 4.51. The maximum atomic E-state index is 12.7. The molecule has 4 aromatic rings. The lowest BCUT2D eigenvalue weighted by molar-refractivity contribution is 0.101. The lowest BCUT2D eigenvalue weighted by Crippen LogP contribution is -2.28. The molecule has 0 aliphatic carbocycles. The third-order valence-corrected chi connectivity index (χ3v) is 4.51. The maximum Gasteiger partial charge on any atom is 0.276 e. The Kier molecular flexibility index (Phi) is 6.17. The van der Waals surface area contributed by atoms with Crippen molar-refractivity contribution in [3.63, 3.8) is 0 Å². The molecule has 2 heterocycles. The standard InChI is InChI=1S/C23H19N5O4/c29-21-11-9-19(25-26-21)16-5-4-6-17(15-16)24-23(31)20-10-12-22(30)28(27-20)13-14-32-18-7-2-1-3-8-18/h1-12,15H,13-14H2,(H,24,31)(H,26,29). The lowest BCUT2D eigenvalue weighted by atomic mass is 10.1. The highest BCUT2D eigenvalue weighted by Gasteiger charge is 2.11. The molecule has 0 aliphatic rings. The lowest BCUT2D eigenvalue weighted by Gasteiger charge is -2.10. The fourth-order valence-corrected chi connectivity index (χ4v) is 2.95. The smallest absolute Gasteiger partial charge is 0.276 e. The molecule has 0 radical (unpaired) electrons. The van der Waals surface area contributed by atoms with Crippen LogP contribution in [-0.4, -0.2) is 32.5 Å². The van der Waals surface area contributed by atoms with Crippen LogP contribution in [0.15, 0.2) is 88.5 Å². The Bertz CT molecular complexity index is 1330. The summed E-state index contributed by atoms with van der Waals surface area (Å²) in [5, 5.41) is 13.3. The summed E-state index contributed by atoms with van der Waals surface area (Å²) in [5.74, 6) is 0.223. The number of nitrogens with zero attached hydrogens (tertiary/aromatic N) is 3. The van der Waals surface area contributed by atoms with Crippen molar-refractivity contribution < 1.29 is 9.53 Å². The maximum absolute atomic E-state index is 12.7. The van der Waals surface area contributed by atoms with Crippen molar-refractivity contribution in [3.8, 4) is 17.0 Å². The predicted molar refractivity (Wildman–Crippen MR) is 119 cm³/mol. The zero-order valence-corrected chi connectivity index (χ0v) is 16.9. The van der Waals surface area contributed by atoms with Gasteiger partial charge in [0.25, 0.3) is 17.0 Å². The van der Waals surface area contributed by atoms with Crippen molar-refractivity contribution in [2.75, 3.05) is 11.9 Å². The number of nitrogens with one attached hydrogen (secondary N) is 2. The van der Waals surface area contributed by atoms with E-state index in [1.54, 1.807) is 24.3 Å². The first-order valence-electron chi connectivity index (χ1n) is 9.82. The topological polar surface area (TPSA) is 119 Å². The largest absolute Gasteiger partial charge is 0.492 e. The summed E-state index contributed by atoms with van der Waals surface area (Å²) >= 11 is 0. The molecule has 0 fully saturated rings. The van der Waals surface area contributed by atoms with E-state index >= 15 is 0 Å². The van der Waals surface area contributed by atoms with Gasteiger partial charge in [-0.1, -0.05) is 30.3 Å². The van der Waals surface area contributed by atoms with Gasteiger partial charge in [0, 0.05) is 23.4 Å². The molecule has 0 unspecified atom stereocenters. The van der Waals surface area contributed by atoms with Gasteiger partial charge >= 0.3 is 0 Å². The molecule has 160 valence electrons. The Morgan fingerprint density at radius 3 is 2.59 bits per heavy atom. The van der Waals surface area contributed by atoms with E-state index in [4.69, 9.17) is 4.74 Å². The van der Waals surface area contributed by atoms with Crippen LogP contribution in [0.5, 0.6) is 5.75 Å². The Balaban J connectivity index is 1.45. The average Bonchev–Trinajstić information content (AvgIpc) is 2.81. The predicted octanol–water partition coefficient (Wildman–Crippen LogP) is 2.32. The summed E-state index contributed by atoms with van der Waals surface area (Å²) < 4.78 is 6.79. The minimum atomic E-state index is -0.464. The van der Waals surface area contributed by atoms with Crippen LogP contribution < -0.4 is 21.2 Å². The van der Waals surface area contributed by atoms with Gasteiger partial charge in [0.15, 0.2) is 0 Å². The number of amides is 1. The van der Waals surface area contributed by atoms with Crippen LogP contribution in [0.2, 0.25) is 0 Å². The SMILES string of the molecule is O=C(Nc1cccc(-c2ccc(=O)[nH]n2)c1)c1ccc(=O)n(CCOc2ccccc2)n1. The molecule has 0 spiro atoms. The first-order valence-corrected chi connectivity index (χ1v) is 9.82. The number of para-hydroxylation sites is 1. The number of anilines is 1. The van der Waals surface area contributed by atoms with Gasteiger partial charge in [-0.3, -0.25) is 14.4 Å². The van der Waals surface area contributed by atoms with E-state index in [-0.39, 0.29) is 30.0 Å². The van der Waals surface area contributed by atoms with Crippen molar-refractivity contribution in [1.82, 2.24) is 20.0 Å². The molecule has 2 aromatic heterocycles. The number of hydrogen-bond donors (Lipinski definition) is 2. The second kappa shape index (κ2) is 9.52. The van der Waals surface area contributed by atoms with Crippen molar-refractivity contribution in [1.29, 1.82) is 0 Å². The highest BCUT2D eigenvalue weighted by atomic mass is 16.5. The number of rotatable bonds is 7. The van der Waals surface area contributed by atoms with E-state index in [0.717, 1.165) is 5.56 Å². The zero-order chi connectivity index (χ0) is 22.3. The van der Waals surface area contributed by atoms with E-state index in [0.29, 0.717) is 17.1 Å². The normalized spacial score (nSPS) is 10.5. The number of ether oxygens (including phenoxy) is 1. The van der Waals surface area contributed by atoms with Crippen LogP contribution in [0.3, 0.4) is 0 Å². The van der Waals surface area contributed by atoms with Crippen LogP contribution in [0.1, 0.15) is 10.5 Å². The first-order chi connectivity index (χ1) is 15.6. The molecule has 0 saturated carbocycles. The fraction of sp³-hybridized carbons (Fsp3) is 0.0870. The van der Waals surface area contributed by atoms with E-state index < -0.39 is 5.91 Å². The fourth-order valence-electron chi connectivity index (χ4n) is 2.95. The van der Waals surface area contributed by atoms with Gasteiger partial charge in [0.1, 0.15) is 18.1 Å². The highest BCUT2D eigenvalue weighted by molar-refractivity contribution is 6.03. The molecule has 0 atom stereocenters. The Hall–Kier alpha value is -4.53. The molecule has 9 nitrogen and oxygen atoms in total. The molecule has 0 aliphatic heterocycles. The molecule has 2 aromatic carbocycles. The molecule has 2 N–H and O–H groups in total. The Morgan fingerprint density at radius 2 is 1.81 bits per heavy atom. The summed E-state index contributed by atoms with van der Waals surface area (Å²) in [6.07, 6.45) is 0. The van der Waals surface area contributed by atoms with E-state index in [1.807, 2.05) is 36.4 Å². The van der Waals surface area contributed by atoms with Crippen molar-refractivity contribution in [2.24, 2.45) is 0 Å². The molecule has 32 heavy (non-hydrogen) atoms. The summed E-state index contributed by atoms with van der Waals surface area (Å²) in [6, 6.07) is 21.9. The van der Waals surface area contributed by atoms with Gasteiger partial charge in [0.2, 0.25) is 0 Å². The molecular formula is C23H19N5O4. The van der Waals surface area contributed by atoms with Crippen molar-refractivity contribution >= 4 is 11.6 Å². The number of aromatic amines is 1. The Labute approximate surface area is 182 Å². The van der Waals surface area contributed by atoms with Gasteiger partial charge in [-0.05, 0) is 36.4 Å². The number of carbonyl (C=O) groups excluding carboxylic acids is 1. The van der Waals surface area contributed by atoms with E-state index in [2.05, 4.69) is 20.6 Å². The van der Waals surface area contributed by atoms with Crippen molar-refractivity contribution in [3.05, 3.63) is 105 Å². The number of aromatic nitrogens is 4. The second-order valence-electron chi connectivity index (χ2n) is 6.78. The van der Waals surface area contributed by atoms with Crippen LogP contribution >= 0.6 is 0 Å². The quantitative estimate of drug-likeness (QED) is 0.465. The van der Waals surface area contributed by atoms with Crippen LogP contribution in [-0.2, 0) is 6.54 Å². The highest BCUT2D eigenvalue weighted by Crippen LogP contribution is 2.20. The van der Waals surface area contributed by atoms with Crippen LogP contribution in [0.25, 0.3) is 11.3 Å². The van der Waals surface area contributed by atoms with Gasteiger partial charge < -0.3 is 10.1 Å². The van der Waals surface area contributed by atoms with Crippen molar-refractivity contribution in [2.45, 2.75) is 6.54 Å². The zero-order valence-electron chi connectivity index (χ0n) is 16.9. The molecule has 0 bridgehead atoms. The van der Waals surface area contributed by atoms with Gasteiger partial charge in [-0.25, -0.2) is 9.78 Å². The number of benzene rings is 2. The minimum Gasteiger partial charge on any atom is -0.492 e. The molecular weight excluding hydrogens is 410 g/mol. The monoisotopic (exact) mass is 429 g/mol. The molecule has 4 rings (SSSR count). The summed E-state index contributed by atoms with van der Waals surface area (Å²) in [6.45, 7) is 0.429. The summed E-state index contributed by atoms with van der Waals surface area (Å²) in [4.78, 5) is 36.0. The van der Waals surface area contributed by atoms with Gasteiger partial charge in [-0.15, -0.1) is 0 Å². The van der Waals surface area contributed by atoms with Crippen LogP contribution in [0.4, 0.5) is 5.69 Å². The number of hydrogen-bond acceptors (Lipinski definition) is 6. The summed E-state index contributed by atoms with van der Waals surface area (Å²) in [7, 11) is 0. The second-order valence-corrected chi connectivity index (χ2v) is 6.78. The van der Waals surface area contributed by atoms with Gasteiger partial charge in [0.05, 0.1) is 12.2 Å². The summed E-state index contributed by atoms with van der Waals surface area (Å²) in [5.41, 5.74) is 1.27. The Morgan fingerprint density at radius 1 is 0.969 bits per heavy atom. The minimum absolute atomic E-state index is 0.0943. The molecule has 0 saturated heterocycles. The average molecular weight is 429 g/mol. The van der Waals surface area contributed by atoms with Crippen LogP contribution in [0, 0.1) is 0 Å². The third kappa shape index (κ3) is 5.14. The van der Waals surface area contributed by atoms with Gasteiger partial charge in [-0.2, -0.15) is 10.2 Å². The number of carbonyl (C=O) groups is 1. The van der Waals surface area contributed by atoms with E-state index in [1.165, 1.54) is 22.9 Å². The first kappa shape index (κ1) is 20.7.